The zero-order valence-corrected chi connectivity index (χ0v) is 12.8. The number of hydrogen-bond acceptors (Lipinski definition) is 4. The van der Waals surface area contributed by atoms with Crippen LogP contribution in [-0.4, -0.2) is 28.2 Å². The van der Waals surface area contributed by atoms with Crippen molar-refractivity contribution in [3.8, 4) is 0 Å². The first-order chi connectivity index (χ1) is 9.97. The predicted octanol–water partition coefficient (Wildman–Crippen LogP) is 3.58. The minimum absolute atomic E-state index is 0.0506. The van der Waals surface area contributed by atoms with E-state index >= 15 is 0 Å². The summed E-state index contributed by atoms with van der Waals surface area (Å²) in [7, 11) is 0. The Hall–Kier alpha value is -1.46. The lowest BCUT2D eigenvalue weighted by Gasteiger charge is -2.35. The molecule has 21 heavy (non-hydrogen) atoms. The van der Waals surface area contributed by atoms with E-state index in [0.29, 0.717) is 23.6 Å². The Morgan fingerprint density at radius 2 is 2.24 bits per heavy atom. The molecule has 5 nitrogen and oxygen atoms in total. The molecule has 0 N–H and O–H groups in total. The van der Waals surface area contributed by atoms with Crippen molar-refractivity contribution in [1.82, 2.24) is 4.90 Å². The Kier molecular flexibility index (Phi) is 5.31. The van der Waals surface area contributed by atoms with Gasteiger partial charge in [-0.2, -0.15) is 0 Å². The van der Waals surface area contributed by atoms with Crippen molar-refractivity contribution in [2.75, 3.05) is 6.54 Å². The summed E-state index contributed by atoms with van der Waals surface area (Å²) in [6.45, 7) is 2.96. The summed E-state index contributed by atoms with van der Waals surface area (Å²) in [5.74, 6) is 0.164. The van der Waals surface area contributed by atoms with E-state index < -0.39 is 4.92 Å². The maximum Gasteiger partial charge on any atom is 0.275 e. The normalized spacial score (nSPS) is 19.4. The number of hydrogen-bond donors (Lipinski definition) is 0. The lowest BCUT2D eigenvalue weighted by atomic mass is 9.97. The van der Waals surface area contributed by atoms with E-state index in [1.54, 1.807) is 19.1 Å². The van der Waals surface area contributed by atoms with Crippen molar-refractivity contribution in [2.45, 2.75) is 45.2 Å². The van der Waals surface area contributed by atoms with Gasteiger partial charge in [-0.1, -0.05) is 18.0 Å². The highest BCUT2D eigenvalue weighted by Crippen LogP contribution is 2.28. The molecule has 1 unspecified atom stereocenters. The Balaban J connectivity index is 2.19. The Labute approximate surface area is 129 Å². The van der Waals surface area contributed by atoms with Crippen molar-refractivity contribution in [3.05, 3.63) is 38.9 Å². The molecule has 0 bridgehead atoms. The van der Waals surface area contributed by atoms with Crippen LogP contribution in [0.1, 0.15) is 38.2 Å². The number of nitro benzene ring substituents is 1. The van der Waals surface area contributed by atoms with Crippen molar-refractivity contribution < 1.29 is 9.72 Å². The van der Waals surface area contributed by atoms with Gasteiger partial charge in [0.05, 0.1) is 4.92 Å². The highest BCUT2D eigenvalue weighted by Gasteiger charge is 2.26. The topological polar surface area (TPSA) is 63.5 Å². The lowest BCUT2D eigenvalue weighted by molar-refractivity contribution is -0.385. The van der Waals surface area contributed by atoms with Gasteiger partial charge in [0.25, 0.3) is 5.69 Å². The van der Waals surface area contributed by atoms with E-state index in [4.69, 9.17) is 11.6 Å². The number of carbonyl (C=O) groups excluding carboxylic acids is 1. The number of halogens is 1. The van der Waals surface area contributed by atoms with Gasteiger partial charge in [-0.25, -0.2) is 0 Å². The molecule has 2 rings (SSSR count). The molecule has 114 valence electrons. The summed E-state index contributed by atoms with van der Waals surface area (Å²) in [6, 6.07) is 4.96. The molecule has 0 saturated carbocycles. The van der Waals surface area contributed by atoms with Crippen LogP contribution in [0.25, 0.3) is 0 Å². The summed E-state index contributed by atoms with van der Waals surface area (Å²) in [4.78, 5) is 24.3. The van der Waals surface area contributed by atoms with Crippen molar-refractivity contribution in [1.29, 1.82) is 0 Å². The summed E-state index contributed by atoms with van der Waals surface area (Å²) < 4.78 is 0. The third-order valence-electron chi connectivity index (χ3n) is 3.89. The molecule has 0 aliphatic carbocycles. The highest BCUT2D eigenvalue weighted by molar-refractivity contribution is 6.30. The van der Waals surface area contributed by atoms with Gasteiger partial charge in [-0.3, -0.25) is 19.8 Å². The Morgan fingerprint density at radius 3 is 2.90 bits per heavy atom. The van der Waals surface area contributed by atoms with Gasteiger partial charge in [0.15, 0.2) is 0 Å². The SMILES string of the molecule is CC(=O)CC1CCCCN1Cc1ccc(Cl)cc1[N+](=O)[O-]. The summed E-state index contributed by atoms with van der Waals surface area (Å²) in [6.07, 6.45) is 3.66. The Morgan fingerprint density at radius 1 is 1.48 bits per heavy atom. The molecule has 1 atom stereocenters. The maximum atomic E-state index is 11.4. The third-order valence-corrected chi connectivity index (χ3v) is 4.12. The number of piperidine rings is 1. The number of likely N-dealkylation sites (tertiary alicyclic amines) is 1. The molecule has 1 aromatic carbocycles. The van der Waals surface area contributed by atoms with E-state index in [9.17, 15) is 14.9 Å². The maximum absolute atomic E-state index is 11.4. The van der Waals surface area contributed by atoms with Crippen LogP contribution in [0.5, 0.6) is 0 Å². The molecule has 0 amide bonds. The zero-order chi connectivity index (χ0) is 15.4. The van der Waals surface area contributed by atoms with Crippen LogP contribution >= 0.6 is 11.6 Å². The molecule has 1 aromatic rings. The van der Waals surface area contributed by atoms with Gasteiger partial charge >= 0.3 is 0 Å². The van der Waals surface area contributed by atoms with Gasteiger partial charge < -0.3 is 0 Å². The fourth-order valence-electron chi connectivity index (χ4n) is 2.89. The molecule has 6 heteroatoms. The van der Waals surface area contributed by atoms with Gasteiger partial charge in [-0.15, -0.1) is 0 Å². The first-order valence-corrected chi connectivity index (χ1v) is 7.51. The molecule has 1 fully saturated rings. The first kappa shape index (κ1) is 15.9. The molecule has 0 aromatic heterocycles. The lowest BCUT2D eigenvalue weighted by Crippen LogP contribution is -2.40. The van der Waals surface area contributed by atoms with Crippen molar-refractivity contribution in [2.24, 2.45) is 0 Å². The molecule has 1 aliphatic heterocycles. The van der Waals surface area contributed by atoms with Crippen molar-refractivity contribution >= 4 is 23.1 Å². The number of rotatable bonds is 5. The van der Waals surface area contributed by atoms with E-state index in [-0.39, 0.29) is 17.5 Å². The molecule has 0 spiro atoms. The standard InChI is InChI=1S/C15H19ClN2O3/c1-11(19)8-14-4-2-3-7-17(14)10-12-5-6-13(16)9-15(12)18(20)21/h5-6,9,14H,2-4,7-8,10H2,1H3. The smallest absolute Gasteiger partial charge is 0.275 e. The largest absolute Gasteiger partial charge is 0.300 e. The van der Waals surface area contributed by atoms with E-state index in [2.05, 4.69) is 4.90 Å². The monoisotopic (exact) mass is 310 g/mol. The summed E-state index contributed by atoms with van der Waals surface area (Å²) in [5.41, 5.74) is 0.703. The quantitative estimate of drug-likeness (QED) is 0.616. The average molecular weight is 311 g/mol. The molecular weight excluding hydrogens is 292 g/mol. The highest BCUT2D eigenvalue weighted by atomic mass is 35.5. The van der Waals surface area contributed by atoms with E-state index in [0.717, 1.165) is 25.8 Å². The van der Waals surface area contributed by atoms with Crippen LogP contribution < -0.4 is 0 Å². The minimum Gasteiger partial charge on any atom is -0.300 e. The first-order valence-electron chi connectivity index (χ1n) is 7.13. The molecule has 1 aliphatic rings. The second kappa shape index (κ2) is 7.00. The summed E-state index contributed by atoms with van der Waals surface area (Å²) in [5, 5.41) is 11.5. The van der Waals surface area contributed by atoms with Crippen LogP contribution in [0, 0.1) is 10.1 Å². The van der Waals surface area contributed by atoms with Gasteiger partial charge in [0, 0.05) is 35.7 Å². The van der Waals surface area contributed by atoms with Crippen LogP contribution in [-0.2, 0) is 11.3 Å². The van der Waals surface area contributed by atoms with E-state index in [1.807, 2.05) is 0 Å². The third kappa shape index (κ3) is 4.25. The van der Waals surface area contributed by atoms with Gasteiger partial charge in [0.2, 0.25) is 0 Å². The second-order valence-electron chi connectivity index (χ2n) is 5.56. The number of Topliss-reactive ketones (excluding diaryl/α,β-unsaturated/α-hetero) is 1. The van der Waals surface area contributed by atoms with Crippen molar-refractivity contribution in [3.63, 3.8) is 0 Å². The van der Waals surface area contributed by atoms with Gasteiger partial charge in [0.1, 0.15) is 5.78 Å². The van der Waals surface area contributed by atoms with Crippen LogP contribution in [0.3, 0.4) is 0 Å². The van der Waals surface area contributed by atoms with E-state index in [1.165, 1.54) is 6.07 Å². The predicted molar refractivity (Wildman–Crippen MR) is 81.5 cm³/mol. The number of nitrogens with zero attached hydrogens (tertiary/aromatic N) is 2. The second-order valence-corrected chi connectivity index (χ2v) is 5.99. The zero-order valence-electron chi connectivity index (χ0n) is 12.0. The Bertz CT molecular complexity index is 548. The average Bonchev–Trinajstić information content (AvgIpc) is 2.42. The molecule has 1 saturated heterocycles. The molecule has 0 radical (unpaired) electrons. The molecular formula is C15H19ClN2O3. The fraction of sp³-hybridized carbons (Fsp3) is 0.533. The molecule has 1 heterocycles. The number of benzene rings is 1. The van der Waals surface area contributed by atoms with Crippen LogP contribution in [0.2, 0.25) is 5.02 Å². The summed E-state index contributed by atoms with van der Waals surface area (Å²) >= 11 is 5.84. The fourth-order valence-corrected chi connectivity index (χ4v) is 3.06. The number of ketones is 1. The van der Waals surface area contributed by atoms with Crippen LogP contribution in [0.4, 0.5) is 5.69 Å². The van der Waals surface area contributed by atoms with Gasteiger partial charge in [-0.05, 0) is 38.4 Å². The minimum atomic E-state index is -0.398. The number of carbonyl (C=O) groups is 1. The van der Waals surface area contributed by atoms with Crippen LogP contribution in [0.15, 0.2) is 18.2 Å². The number of nitro groups is 1.